The zero-order valence-electron chi connectivity index (χ0n) is 10.3. The summed E-state index contributed by atoms with van der Waals surface area (Å²) in [5, 5.41) is 9.59. The molecule has 0 unspecified atom stereocenters. The highest BCUT2D eigenvalue weighted by molar-refractivity contribution is 9.10. The molecule has 0 bridgehead atoms. The zero-order chi connectivity index (χ0) is 13.2. The molecule has 3 nitrogen and oxygen atoms in total. The summed E-state index contributed by atoms with van der Waals surface area (Å²) in [6.07, 6.45) is 4.31. The van der Waals surface area contributed by atoms with Crippen LogP contribution in [0.4, 0.5) is 0 Å². The van der Waals surface area contributed by atoms with E-state index in [1.54, 1.807) is 18.3 Å². The van der Waals surface area contributed by atoms with Crippen molar-refractivity contribution in [2.75, 3.05) is 6.61 Å². The molecule has 1 aliphatic rings. The largest absolute Gasteiger partial charge is 0.508 e. The topological polar surface area (TPSA) is 42.4 Å². The molecule has 0 atom stereocenters. The maximum atomic E-state index is 9.59. The molecular weight excluding hydrogens is 306 g/mol. The van der Waals surface area contributed by atoms with E-state index in [0.29, 0.717) is 5.88 Å². The van der Waals surface area contributed by atoms with Crippen molar-refractivity contribution in [1.29, 1.82) is 0 Å². The van der Waals surface area contributed by atoms with Gasteiger partial charge in [-0.3, -0.25) is 0 Å². The zero-order valence-corrected chi connectivity index (χ0v) is 11.9. The summed E-state index contributed by atoms with van der Waals surface area (Å²) >= 11 is 3.37. The van der Waals surface area contributed by atoms with Crippen LogP contribution < -0.4 is 4.74 Å². The Morgan fingerprint density at radius 2 is 2.05 bits per heavy atom. The number of ether oxygens (including phenoxy) is 1. The monoisotopic (exact) mass is 319 g/mol. The molecule has 0 saturated heterocycles. The van der Waals surface area contributed by atoms with E-state index < -0.39 is 0 Å². The van der Waals surface area contributed by atoms with Crippen LogP contribution in [0.5, 0.6) is 11.6 Å². The lowest BCUT2D eigenvalue weighted by molar-refractivity contribution is 0.288. The molecule has 2 aromatic rings. The number of pyridine rings is 1. The van der Waals surface area contributed by atoms with Crippen molar-refractivity contribution in [2.24, 2.45) is 5.92 Å². The van der Waals surface area contributed by atoms with Gasteiger partial charge in [-0.2, -0.15) is 0 Å². The second-order valence-corrected chi connectivity index (χ2v) is 5.75. The lowest BCUT2D eigenvalue weighted by Gasteiger charge is -2.06. The lowest BCUT2D eigenvalue weighted by atomic mass is 10.1. The van der Waals surface area contributed by atoms with Crippen molar-refractivity contribution < 1.29 is 9.84 Å². The predicted octanol–water partition coefficient (Wildman–Crippen LogP) is 4.01. The summed E-state index contributed by atoms with van der Waals surface area (Å²) in [6.45, 7) is 0.768. The number of aromatic nitrogens is 1. The molecular formula is C15H14BrNO2. The Bertz CT molecular complexity index is 559. The van der Waals surface area contributed by atoms with E-state index in [2.05, 4.69) is 20.9 Å². The highest BCUT2D eigenvalue weighted by atomic mass is 79.9. The van der Waals surface area contributed by atoms with Crippen LogP contribution in [0.1, 0.15) is 12.8 Å². The predicted molar refractivity (Wildman–Crippen MR) is 77.3 cm³/mol. The maximum absolute atomic E-state index is 9.59. The van der Waals surface area contributed by atoms with Crippen molar-refractivity contribution >= 4 is 15.9 Å². The third-order valence-corrected chi connectivity index (χ3v) is 3.57. The van der Waals surface area contributed by atoms with E-state index in [4.69, 9.17) is 4.74 Å². The van der Waals surface area contributed by atoms with Crippen molar-refractivity contribution in [3.8, 4) is 22.8 Å². The van der Waals surface area contributed by atoms with Gasteiger partial charge in [-0.15, -0.1) is 0 Å². The minimum atomic E-state index is 0.235. The Hall–Kier alpha value is -1.55. The van der Waals surface area contributed by atoms with Gasteiger partial charge in [0.1, 0.15) is 5.75 Å². The number of hydrogen-bond donors (Lipinski definition) is 1. The molecule has 1 fully saturated rings. The van der Waals surface area contributed by atoms with Gasteiger partial charge in [-0.25, -0.2) is 4.98 Å². The summed E-state index contributed by atoms with van der Waals surface area (Å²) < 4.78 is 6.44. The smallest absolute Gasteiger partial charge is 0.213 e. The van der Waals surface area contributed by atoms with Gasteiger partial charge in [0.05, 0.1) is 6.61 Å². The van der Waals surface area contributed by atoms with Gasteiger partial charge in [0, 0.05) is 22.3 Å². The van der Waals surface area contributed by atoms with E-state index in [0.717, 1.165) is 28.1 Å². The van der Waals surface area contributed by atoms with Gasteiger partial charge >= 0.3 is 0 Å². The second-order valence-electron chi connectivity index (χ2n) is 4.84. The fourth-order valence-electron chi connectivity index (χ4n) is 1.87. The van der Waals surface area contributed by atoms with E-state index in [1.165, 1.54) is 12.8 Å². The molecule has 1 heterocycles. The standard InChI is InChI=1S/C15H14BrNO2/c16-13-5-12(6-14(18)7-13)11-3-4-15(17-8-11)19-9-10-1-2-10/h3-8,10,18H,1-2,9H2. The van der Waals surface area contributed by atoms with Gasteiger partial charge in [0.2, 0.25) is 5.88 Å². The molecule has 19 heavy (non-hydrogen) atoms. The number of phenolic OH excluding ortho intramolecular Hbond substituents is 1. The van der Waals surface area contributed by atoms with Crippen molar-refractivity contribution in [2.45, 2.75) is 12.8 Å². The number of nitrogens with zero attached hydrogens (tertiary/aromatic N) is 1. The maximum Gasteiger partial charge on any atom is 0.213 e. The molecule has 1 saturated carbocycles. The average Bonchev–Trinajstić information content (AvgIpc) is 3.20. The van der Waals surface area contributed by atoms with Crippen LogP contribution in [-0.4, -0.2) is 16.7 Å². The fourth-order valence-corrected chi connectivity index (χ4v) is 2.35. The highest BCUT2D eigenvalue weighted by Crippen LogP contribution is 2.30. The Morgan fingerprint density at radius 3 is 2.68 bits per heavy atom. The van der Waals surface area contributed by atoms with Crippen molar-refractivity contribution in [3.05, 3.63) is 41.0 Å². The van der Waals surface area contributed by atoms with Crippen LogP contribution in [0.3, 0.4) is 0 Å². The Balaban J connectivity index is 1.76. The molecule has 0 spiro atoms. The summed E-state index contributed by atoms with van der Waals surface area (Å²) in [7, 11) is 0. The van der Waals surface area contributed by atoms with Crippen LogP contribution >= 0.6 is 15.9 Å². The molecule has 1 aromatic heterocycles. The normalized spacial score (nSPS) is 14.4. The first kappa shape index (κ1) is 12.5. The molecule has 98 valence electrons. The number of halogens is 1. The number of phenols is 1. The summed E-state index contributed by atoms with van der Waals surface area (Å²) in [5.41, 5.74) is 1.88. The summed E-state index contributed by atoms with van der Waals surface area (Å²) in [4.78, 5) is 4.29. The highest BCUT2D eigenvalue weighted by Gasteiger charge is 2.22. The van der Waals surface area contributed by atoms with Gasteiger partial charge in [-0.1, -0.05) is 15.9 Å². The van der Waals surface area contributed by atoms with Gasteiger partial charge < -0.3 is 9.84 Å². The van der Waals surface area contributed by atoms with Gasteiger partial charge in [0.25, 0.3) is 0 Å². The molecule has 0 aliphatic heterocycles. The van der Waals surface area contributed by atoms with E-state index >= 15 is 0 Å². The number of hydrogen-bond acceptors (Lipinski definition) is 3. The third-order valence-electron chi connectivity index (χ3n) is 3.12. The Labute approximate surface area is 120 Å². The van der Waals surface area contributed by atoms with Crippen LogP contribution in [0, 0.1) is 5.92 Å². The third kappa shape index (κ3) is 3.26. The Kier molecular flexibility index (Phi) is 3.42. The van der Waals surface area contributed by atoms with E-state index in [-0.39, 0.29) is 5.75 Å². The van der Waals surface area contributed by atoms with Crippen LogP contribution in [0.2, 0.25) is 0 Å². The summed E-state index contributed by atoms with van der Waals surface area (Å²) in [6, 6.07) is 9.14. The van der Waals surface area contributed by atoms with Crippen molar-refractivity contribution in [1.82, 2.24) is 4.98 Å². The second kappa shape index (κ2) is 5.21. The molecule has 1 aliphatic carbocycles. The van der Waals surface area contributed by atoms with E-state index in [1.807, 2.05) is 18.2 Å². The van der Waals surface area contributed by atoms with Crippen molar-refractivity contribution in [3.63, 3.8) is 0 Å². The number of aromatic hydroxyl groups is 1. The van der Waals surface area contributed by atoms with E-state index in [9.17, 15) is 5.11 Å². The first-order valence-corrected chi connectivity index (χ1v) is 7.09. The SMILES string of the molecule is Oc1cc(Br)cc(-c2ccc(OCC3CC3)nc2)c1. The molecule has 1 aromatic carbocycles. The molecule has 1 N–H and O–H groups in total. The molecule has 3 rings (SSSR count). The first-order valence-electron chi connectivity index (χ1n) is 6.29. The Morgan fingerprint density at radius 1 is 1.21 bits per heavy atom. The number of benzene rings is 1. The molecule has 4 heteroatoms. The quantitative estimate of drug-likeness (QED) is 0.926. The van der Waals surface area contributed by atoms with Crippen LogP contribution in [0.25, 0.3) is 11.1 Å². The van der Waals surface area contributed by atoms with Gasteiger partial charge in [0.15, 0.2) is 0 Å². The minimum absolute atomic E-state index is 0.235. The lowest BCUT2D eigenvalue weighted by Crippen LogP contribution is -2.00. The summed E-state index contributed by atoms with van der Waals surface area (Å²) in [5.74, 6) is 1.62. The van der Waals surface area contributed by atoms with Crippen LogP contribution in [0.15, 0.2) is 41.0 Å². The van der Waals surface area contributed by atoms with Gasteiger partial charge in [-0.05, 0) is 48.6 Å². The first-order chi connectivity index (χ1) is 9.20. The average molecular weight is 320 g/mol. The molecule has 0 radical (unpaired) electrons. The fraction of sp³-hybridized carbons (Fsp3) is 0.267. The number of rotatable bonds is 4. The van der Waals surface area contributed by atoms with Crippen LogP contribution in [-0.2, 0) is 0 Å². The minimum Gasteiger partial charge on any atom is -0.508 e. The molecule has 0 amide bonds.